The number of alkyl halides is 1. The van der Waals surface area contributed by atoms with Crippen LogP contribution in [0.15, 0.2) is 0 Å². The second-order valence-electron chi connectivity index (χ2n) is 2.19. The molecule has 1 rings (SSSR count). The summed E-state index contributed by atoms with van der Waals surface area (Å²) in [5, 5.41) is 0. The Bertz CT molecular complexity index is 112. The van der Waals surface area contributed by atoms with Gasteiger partial charge in [0.1, 0.15) is 0 Å². The molecule has 0 aromatic carbocycles. The summed E-state index contributed by atoms with van der Waals surface area (Å²) in [4.78, 5) is 2.97. The molecule has 0 aliphatic heterocycles. The van der Waals surface area contributed by atoms with Gasteiger partial charge in [0.2, 0.25) is 6.54 Å². The lowest BCUT2D eigenvalue weighted by atomic mass is 10.3. The van der Waals surface area contributed by atoms with Gasteiger partial charge >= 0.3 is 0 Å². The van der Waals surface area contributed by atoms with Crippen molar-refractivity contribution in [2.75, 3.05) is 6.54 Å². The largest absolute Gasteiger partial charge is 0.314 e. The van der Waals surface area contributed by atoms with Crippen LogP contribution in [-0.2, 0) is 0 Å². The van der Waals surface area contributed by atoms with Gasteiger partial charge in [0.05, 0.1) is 0 Å². The number of nitrogens with zero attached hydrogens (tertiary/aromatic N) is 1. The molecule has 0 aromatic heterocycles. The van der Waals surface area contributed by atoms with Gasteiger partial charge < -0.3 is 4.85 Å². The van der Waals surface area contributed by atoms with E-state index >= 15 is 0 Å². The lowest BCUT2D eigenvalue weighted by Crippen LogP contribution is -2.04. The van der Waals surface area contributed by atoms with Gasteiger partial charge in [-0.15, -0.1) is 0 Å². The first-order chi connectivity index (χ1) is 3.84. The third-order valence-electron chi connectivity index (χ3n) is 1.40. The summed E-state index contributed by atoms with van der Waals surface area (Å²) in [5.41, 5.74) is 0. The molecule has 1 nitrogen and oxygen atoms in total. The molecule has 1 fully saturated rings. The normalized spacial score (nSPS) is 22.0. The van der Waals surface area contributed by atoms with Crippen LogP contribution in [0.1, 0.15) is 12.8 Å². The minimum absolute atomic E-state index is 0.0741. The summed E-state index contributed by atoms with van der Waals surface area (Å²) in [5.74, 6) is 0.240. The van der Waals surface area contributed by atoms with Gasteiger partial charge in [-0.1, -0.05) is 0 Å². The van der Waals surface area contributed by atoms with Gasteiger partial charge in [0.15, 0.2) is 6.17 Å². The average molecular weight is 113 g/mol. The number of halogens is 1. The summed E-state index contributed by atoms with van der Waals surface area (Å²) in [6.45, 7) is 6.41. The quantitative estimate of drug-likeness (QED) is 0.479. The minimum atomic E-state index is -0.826. The maximum atomic E-state index is 12.4. The Hall–Kier alpha value is -0.580. The van der Waals surface area contributed by atoms with Crippen LogP contribution in [0.3, 0.4) is 0 Å². The Balaban J connectivity index is 2.15. The molecular formula is C6H8FN. The van der Waals surface area contributed by atoms with Crippen LogP contribution in [0.4, 0.5) is 4.39 Å². The highest BCUT2D eigenvalue weighted by molar-refractivity contribution is 4.85. The van der Waals surface area contributed by atoms with Crippen molar-refractivity contribution < 1.29 is 4.39 Å². The molecule has 1 saturated carbocycles. The van der Waals surface area contributed by atoms with Crippen molar-refractivity contribution in [3.05, 3.63) is 11.4 Å². The van der Waals surface area contributed by atoms with Crippen molar-refractivity contribution in [3.63, 3.8) is 0 Å². The molecular weight excluding hydrogens is 105 g/mol. The van der Waals surface area contributed by atoms with Gasteiger partial charge in [-0.25, -0.2) is 11.0 Å². The van der Waals surface area contributed by atoms with E-state index in [0.29, 0.717) is 0 Å². The van der Waals surface area contributed by atoms with E-state index in [9.17, 15) is 4.39 Å². The summed E-state index contributed by atoms with van der Waals surface area (Å²) in [7, 11) is 0. The van der Waals surface area contributed by atoms with Gasteiger partial charge in [0.25, 0.3) is 0 Å². The molecule has 0 bridgehead atoms. The first kappa shape index (κ1) is 5.55. The Morgan fingerprint density at radius 2 is 2.38 bits per heavy atom. The summed E-state index contributed by atoms with van der Waals surface area (Å²) >= 11 is 0. The van der Waals surface area contributed by atoms with E-state index in [1.165, 1.54) is 0 Å². The highest BCUT2D eigenvalue weighted by Crippen LogP contribution is 2.34. The fraction of sp³-hybridized carbons (Fsp3) is 0.833. The van der Waals surface area contributed by atoms with Gasteiger partial charge in [-0.3, -0.25) is 0 Å². The van der Waals surface area contributed by atoms with Crippen LogP contribution in [0.2, 0.25) is 0 Å². The molecule has 2 heteroatoms. The van der Waals surface area contributed by atoms with Gasteiger partial charge in [-0.05, 0) is 18.8 Å². The summed E-state index contributed by atoms with van der Waals surface area (Å²) < 4.78 is 12.4. The average Bonchev–Trinajstić information content (AvgIpc) is 2.45. The number of hydrogen-bond donors (Lipinski definition) is 0. The third-order valence-corrected chi connectivity index (χ3v) is 1.40. The van der Waals surface area contributed by atoms with E-state index in [1.807, 2.05) is 0 Å². The smallest absolute Gasteiger partial charge is 0.245 e. The van der Waals surface area contributed by atoms with E-state index in [4.69, 9.17) is 6.57 Å². The summed E-state index contributed by atoms with van der Waals surface area (Å²) in [6, 6.07) is 0. The van der Waals surface area contributed by atoms with Crippen molar-refractivity contribution >= 4 is 0 Å². The van der Waals surface area contributed by atoms with Crippen molar-refractivity contribution in [1.82, 2.24) is 0 Å². The molecule has 0 heterocycles. The van der Waals surface area contributed by atoms with Crippen molar-refractivity contribution in [2.24, 2.45) is 5.92 Å². The zero-order chi connectivity index (χ0) is 5.98. The van der Waals surface area contributed by atoms with Gasteiger partial charge in [-0.2, -0.15) is 0 Å². The fourth-order valence-corrected chi connectivity index (χ4v) is 0.694. The van der Waals surface area contributed by atoms with Crippen LogP contribution in [0, 0.1) is 12.5 Å². The van der Waals surface area contributed by atoms with Crippen LogP contribution in [0.25, 0.3) is 4.85 Å². The van der Waals surface area contributed by atoms with Gasteiger partial charge in [0, 0.05) is 0 Å². The molecule has 0 radical (unpaired) electrons. The molecule has 44 valence electrons. The van der Waals surface area contributed by atoms with E-state index in [-0.39, 0.29) is 12.5 Å². The van der Waals surface area contributed by atoms with Crippen LogP contribution in [0.5, 0.6) is 0 Å². The molecule has 1 unspecified atom stereocenters. The van der Waals surface area contributed by atoms with Crippen molar-refractivity contribution in [3.8, 4) is 0 Å². The summed E-state index contributed by atoms with van der Waals surface area (Å²) in [6.07, 6.45) is 1.17. The van der Waals surface area contributed by atoms with Crippen molar-refractivity contribution in [1.29, 1.82) is 0 Å². The zero-order valence-corrected chi connectivity index (χ0v) is 4.60. The first-order valence-electron chi connectivity index (χ1n) is 2.82. The zero-order valence-electron chi connectivity index (χ0n) is 4.60. The second-order valence-corrected chi connectivity index (χ2v) is 2.19. The standard InChI is InChI=1S/C6H8FN/c1-8-4-6(7)5-2-3-5/h5-6H,2-4H2. The second kappa shape index (κ2) is 2.13. The molecule has 0 saturated heterocycles. The maximum absolute atomic E-state index is 12.4. The van der Waals surface area contributed by atoms with E-state index in [0.717, 1.165) is 12.8 Å². The molecule has 1 aliphatic carbocycles. The monoisotopic (exact) mass is 113 g/mol. The van der Waals surface area contributed by atoms with Crippen LogP contribution < -0.4 is 0 Å². The predicted octanol–water partition coefficient (Wildman–Crippen LogP) is 1.65. The van der Waals surface area contributed by atoms with E-state index in [2.05, 4.69) is 4.85 Å². The Morgan fingerprint density at radius 3 is 2.75 bits per heavy atom. The van der Waals surface area contributed by atoms with Crippen LogP contribution in [-0.4, -0.2) is 12.7 Å². The molecule has 0 N–H and O–H groups in total. The topological polar surface area (TPSA) is 4.36 Å². The Kier molecular flexibility index (Phi) is 1.48. The lowest BCUT2D eigenvalue weighted by Gasteiger charge is -1.92. The molecule has 8 heavy (non-hydrogen) atoms. The minimum Gasteiger partial charge on any atom is -0.314 e. The molecule has 0 amide bonds. The number of rotatable bonds is 2. The Labute approximate surface area is 48.3 Å². The SMILES string of the molecule is [C-]#[N+]CC(F)C1CC1. The number of hydrogen-bond acceptors (Lipinski definition) is 0. The van der Waals surface area contributed by atoms with Crippen LogP contribution >= 0.6 is 0 Å². The molecule has 1 aliphatic rings. The maximum Gasteiger partial charge on any atom is 0.245 e. The molecule has 1 atom stereocenters. The van der Waals surface area contributed by atoms with E-state index in [1.54, 1.807) is 0 Å². The third kappa shape index (κ3) is 1.19. The van der Waals surface area contributed by atoms with E-state index < -0.39 is 6.17 Å². The molecule has 0 aromatic rings. The lowest BCUT2D eigenvalue weighted by molar-refractivity contribution is 0.318. The highest BCUT2D eigenvalue weighted by Gasteiger charge is 2.32. The first-order valence-corrected chi connectivity index (χ1v) is 2.82. The Morgan fingerprint density at radius 1 is 1.75 bits per heavy atom. The molecule has 0 spiro atoms. The predicted molar refractivity (Wildman–Crippen MR) is 29.1 cm³/mol. The highest BCUT2D eigenvalue weighted by atomic mass is 19.1. The fourth-order valence-electron chi connectivity index (χ4n) is 0.694. The van der Waals surface area contributed by atoms with Crippen molar-refractivity contribution in [2.45, 2.75) is 19.0 Å².